The zero-order valence-electron chi connectivity index (χ0n) is 13.9. The van der Waals surface area contributed by atoms with Gasteiger partial charge in [0, 0.05) is 11.3 Å². The number of benzene rings is 2. The van der Waals surface area contributed by atoms with E-state index in [1.165, 1.54) is 4.80 Å². The molecule has 0 radical (unpaired) electrons. The number of nitrogens with one attached hydrogen (secondary N) is 1. The summed E-state index contributed by atoms with van der Waals surface area (Å²) in [4.78, 5) is 13.5. The number of tetrazole rings is 1. The number of carbonyl (C=O) groups excluding carboxylic acids is 1. The minimum absolute atomic E-state index is 0.0201. The van der Waals surface area contributed by atoms with Gasteiger partial charge >= 0.3 is 0 Å². The molecule has 1 amide bonds. The highest BCUT2D eigenvalue weighted by atomic mass is 16.2. The largest absolute Gasteiger partial charge is 0.324 e. The van der Waals surface area contributed by atoms with Crippen molar-refractivity contribution < 1.29 is 4.79 Å². The van der Waals surface area contributed by atoms with Crippen molar-refractivity contribution in [3.05, 3.63) is 59.2 Å². The summed E-state index contributed by atoms with van der Waals surface area (Å²) < 4.78 is 0. The van der Waals surface area contributed by atoms with Gasteiger partial charge in [0.15, 0.2) is 0 Å². The van der Waals surface area contributed by atoms with Crippen LogP contribution in [0.25, 0.3) is 11.4 Å². The zero-order valence-corrected chi connectivity index (χ0v) is 13.9. The molecule has 0 saturated heterocycles. The average molecular weight is 321 g/mol. The highest BCUT2D eigenvalue weighted by molar-refractivity contribution is 5.91. The van der Waals surface area contributed by atoms with E-state index in [0.29, 0.717) is 5.82 Å². The second-order valence-corrected chi connectivity index (χ2v) is 5.82. The quantitative estimate of drug-likeness (QED) is 0.802. The van der Waals surface area contributed by atoms with Crippen molar-refractivity contribution in [2.24, 2.45) is 0 Å². The monoisotopic (exact) mass is 321 g/mol. The summed E-state index contributed by atoms with van der Waals surface area (Å²) in [7, 11) is 0. The zero-order chi connectivity index (χ0) is 17.1. The van der Waals surface area contributed by atoms with E-state index in [-0.39, 0.29) is 12.5 Å². The highest BCUT2D eigenvalue weighted by Crippen LogP contribution is 2.18. The molecule has 24 heavy (non-hydrogen) atoms. The Labute approximate surface area is 140 Å². The van der Waals surface area contributed by atoms with Crippen molar-refractivity contribution in [2.45, 2.75) is 27.3 Å². The Morgan fingerprint density at radius 2 is 1.88 bits per heavy atom. The van der Waals surface area contributed by atoms with Crippen LogP contribution in [-0.4, -0.2) is 26.1 Å². The molecule has 2 aromatic carbocycles. The second kappa shape index (κ2) is 6.62. The van der Waals surface area contributed by atoms with Crippen LogP contribution in [-0.2, 0) is 11.3 Å². The van der Waals surface area contributed by atoms with E-state index in [2.05, 4.69) is 20.7 Å². The van der Waals surface area contributed by atoms with Crippen molar-refractivity contribution in [2.75, 3.05) is 5.32 Å². The Hall–Kier alpha value is -3.02. The summed E-state index contributed by atoms with van der Waals surface area (Å²) in [6.07, 6.45) is 0. The minimum Gasteiger partial charge on any atom is -0.324 e. The molecule has 1 N–H and O–H groups in total. The van der Waals surface area contributed by atoms with E-state index in [4.69, 9.17) is 0 Å². The number of aryl methyl sites for hydroxylation is 3. The molecule has 0 saturated carbocycles. The van der Waals surface area contributed by atoms with Gasteiger partial charge in [-0.15, -0.1) is 10.2 Å². The number of nitrogens with zero attached hydrogens (tertiary/aromatic N) is 4. The van der Waals surface area contributed by atoms with E-state index < -0.39 is 0 Å². The Morgan fingerprint density at radius 3 is 2.67 bits per heavy atom. The summed E-state index contributed by atoms with van der Waals surface area (Å²) in [5.41, 5.74) is 4.90. The predicted molar refractivity (Wildman–Crippen MR) is 92.5 cm³/mol. The highest BCUT2D eigenvalue weighted by Gasteiger charge is 2.11. The van der Waals surface area contributed by atoms with Crippen LogP contribution in [0.3, 0.4) is 0 Å². The molecule has 122 valence electrons. The molecule has 3 rings (SSSR count). The lowest BCUT2D eigenvalue weighted by atomic mass is 10.1. The lowest BCUT2D eigenvalue weighted by Gasteiger charge is -2.08. The maximum absolute atomic E-state index is 12.2. The second-order valence-electron chi connectivity index (χ2n) is 5.82. The minimum atomic E-state index is -0.183. The van der Waals surface area contributed by atoms with Crippen LogP contribution in [0.5, 0.6) is 0 Å². The van der Waals surface area contributed by atoms with Gasteiger partial charge in [0.1, 0.15) is 6.54 Å². The summed E-state index contributed by atoms with van der Waals surface area (Å²) in [5.74, 6) is 0.338. The average Bonchev–Trinajstić information content (AvgIpc) is 2.99. The number of rotatable bonds is 4. The normalized spacial score (nSPS) is 10.6. The predicted octanol–water partition coefficient (Wildman–Crippen LogP) is 2.90. The van der Waals surface area contributed by atoms with Gasteiger partial charge in [-0.25, -0.2) is 0 Å². The fraction of sp³-hybridized carbons (Fsp3) is 0.222. The molecule has 0 atom stereocenters. The van der Waals surface area contributed by atoms with Crippen LogP contribution in [0, 0.1) is 20.8 Å². The van der Waals surface area contributed by atoms with Gasteiger partial charge in [0.2, 0.25) is 11.7 Å². The number of carbonyl (C=O) groups is 1. The van der Waals surface area contributed by atoms with E-state index in [1.54, 1.807) is 0 Å². The van der Waals surface area contributed by atoms with Gasteiger partial charge in [-0.05, 0) is 48.7 Å². The summed E-state index contributed by atoms with van der Waals surface area (Å²) in [6, 6.07) is 13.8. The van der Waals surface area contributed by atoms with Crippen molar-refractivity contribution in [3.8, 4) is 11.4 Å². The van der Waals surface area contributed by atoms with Crippen molar-refractivity contribution in [1.29, 1.82) is 0 Å². The number of aromatic nitrogens is 4. The van der Waals surface area contributed by atoms with Crippen LogP contribution >= 0.6 is 0 Å². The van der Waals surface area contributed by atoms with E-state index in [1.807, 2.05) is 63.2 Å². The maximum atomic E-state index is 12.2. The van der Waals surface area contributed by atoms with Crippen LogP contribution in [0.1, 0.15) is 16.7 Å². The SMILES string of the molecule is Cc1ccc(C)c(NC(=O)Cn2nnc(-c3ccccc3C)n2)c1. The van der Waals surface area contributed by atoms with Crippen molar-refractivity contribution in [3.63, 3.8) is 0 Å². The topological polar surface area (TPSA) is 72.7 Å². The Bertz CT molecular complexity index is 885. The van der Waals surface area contributed by atoms with Crippen molar-refractivity contribution >= 4 is 11.6 Å². The van der Waals surface area contributed by atoms with Crippen molar-refractivity contribution in [1.82, 2.24) is 20.2 Å². The molecule has 3 aromatic rings. The third-order valence-corrected chi connectivity index (χ3v) is 3.79. The fourth-order valence-electron chi connectivity index (χ4n) is 2.43. The van der Waals surface area contributed by atoms with E-state index in [9.17, 15) is 4.79 Å². The van der Waals surface area contributed by atoms with Gasteiger partial charge in [-0.1, -0.05) is 36.4 Å². The van der Waals surface area contributed by atoms with Gasteiger partial charge in [-0.2, -0.15) is 4.80 Å². The van der Waals surface area contributed by atoms with Crippen LogP contribution in [0.4, 0.5) is 5.69 Å². The van der Waals surface area contributed by atoms with E-state index >= 15 is 0 Å². The summed E-state index contributed by atoms with van der Waals surface area (Å²) >= 11 is 0. The summed E-state index contributed by atoms with van der Waals surface area (Å²) in [6.45, 7) is 5.96. The first-order valence-corrected chi connectivity index (χ1v) is 7.74. The lowest BCUT2D eigenvalue weighted by Crippen LogP contribution is -2.21. The first-order valence-electron chi connectivity index (χ1n) is 7.74. The standard InChI is InChI=1S/C18H19N5O/c1-12-8-9-14(3)16(10-12)19-17(24)11-23-21-18(20-22-23)15-7-5-4-6-13(15)2/h4-10H,11H2,1-3H3,(H,19,24). The number of hydrogen-bond donors (Lipinski definition) is 1. The molecule has 1 aromatic heterocycles. The van der Waals surface area contributed by atoms with E-state index in [0.717, 1.165) is 27.9 Å². The first-order chi connectivity index (χ1) is 11.5. The lowest BCUT2D eigenvalue weighted by molar-refractivity contribution is -0.117. The van der Waals surface area contributed by atoms with Gasteiger partial charge in [-0.3, -0.25) is 4.79 Å². The van der Waals surface area contributed by atoms with Gasteiger partial charge < -0.3 is 5.32 Å². The molecule has 0 unspecified atom stereocenters. The number of amides is 1. The molecule has 0 spiro atoms. The molecule has 0 bridgehead atoms. The molecule has 0 aliphatic rings. The third-order valence-electron chi connectivity index (χ3n) is 3.79. The van der Waals surface area contributed by atoms with Crippen LogP contribution in [0.15, 0.2) is 42.5 Å². The molecule has 0 aliphatic carbocycles. The smallest absolute Gasteiger partial charge is 0.248 e. The first kappa shape index (κ1) is 15.9. The molecule has 1 heterocycles. The Kier molecular flexibility index (Phi) is 4.37. The molecular formula is C18H19N5O. The number of hydrogen-bond acceptors (Lipinski definition) is 4. The third kappa shape index (κ3) is 3.48. The Morgan fingerprint density at radius 1 is 1.08 bits per heavy atom. The molecule has 0 fully saturated rings. The summed E-state index contributed by atoms with van der Waals surface area (Å²) in [5, 5.41) is 15.2. The fourth-order valence-corrected chi connectivity index (χ4v) is 2.43. The Balaban J connectivity index is 1.72. The number of anilines is 1. The van der Waals surface area contributed by atoms with Crippen LogP contribution in [0.2, 0.25) is 0 Å². The molecule has 0 aliphatic heterocycles. The molecule has 6 nitrogen and oxygen atoms in total. The van der Waals surface area contributed by atoms with Gasteiger partial charge in [0.25, 0.3) is 0 Å². The molecule has 6 heteroatoms. The van der Waals surface area contributed by atoms with Crippen LogP contribution < -0.4 is 5.32 Å². The van der Waals surface area contributed by atoms with Gasteiger partial charge in [0.05, 0.1) is 0 Å². The maximum Gasteiger partial charge on any atom is 0.248 e. The molecular weight excluding hydrogens is 302 g/mol.